The summed E-state index contributed by atoms with van der Waals surface area (Å²) in [6.07, 6.45) is -5.74. The summed E-state index contributed by atoms with van der Waals surface area (Å²) in [5, 5.41) is 19.1. The van der Waals surface area contributed by atoms with Gasteiger partial charge in [0, 0.05) is 11.4 Å². The highest BCUT2D eigenvalue weighted by Gasteiger charge is 2.62. The summed E-state index contributed by atoms with van der Waals surface area (Å²) in [5.41, 5.74) is -4.20. The molecule has 0 saturated heterocycles. The first-order chi connectivity index (χ1) is 10.3. The maximum absolute atomic E-state index is 13.1. The van der Waals surface area contributed by atoms with Crippen molar-refractivity contribution in [3.8, 4) is 0 Å². The van der Waals surface area contributed by atoms with Crippen LogP contribution in [0.25, 0.3) is 0 Å². The van der Waals surface area contributed by atoms with Crippen LogP contribution in [0.1, 0.15) is 45.1 Å². The van der Waals surface area contributed by atoms with Gasteiger partial charge in [0.1, 0.15) is 0 Å². The molecular formula is C16H20ClF3O3. The highest BCUT2D eigenvalue weighted by atomic mass is 35.5. The number of carboxylic acid groups (broad SMARTS) is 1. The van der Waals surface area contributed by atoms with Crippen molar-refractivity contribution >= 4 is 17.6 Å². The van der Waals surface area contributed by atoms with Gasteiger partial charge in [-0.25, -0.2) is 4.79 Å². The molecule has 0 amide bonds. The third kappa shape index (κ3) is 4.18. The normalized spacial score (nSPS) is 16.7. The van der Waals surface area contributed by atoms with Gasteiger partial charge >= 0.3 is 12.1 Å². The van der Waals surface area contributed by atoms with Gasteiger partial charge in [-0.3, -0.25) is 0 Å². The summed E-state index contributed by atoms with van der Waals surface area (Å²) in [6.45, 7) is 4.82. The molecular weight excluding hydrogens is 333 g/mol. The molecule has 0 aromatic heterocycles. The van der Waals surface area contributed by atoms with Gasteiger partial charge in [0.2, 0.25) is 0 Å². The Hall–Kier alpha value is -1.27. The van der Waals surface area contributed by atoms with Gasteiger partial charge in [0.15, 0.2) is 0 Å². The molecule has 0 aliphatic carbocycles. The standard InChI is InChI=1S/C16H20ClF3O3/c1-4-12(10-6-5-7-11(17)8-10)14(2,3)9-15(23,13(21)22)16(18,19)20/h5-8,12,23H,4,9H2,1-3H3,(H,21,22). The Morgan fingerprint density at radius 3 is 2.26 bits per heavy atom. The second-order valence-corrected chi connectivity index (χ2v) is 6.78. The van der Waals surface area contributed by atoms with Gasteiger partial charge in [0.05, 0.1) is 0 Å². The molecule has 0 saturated carbocycles. The third-order valence-corrected chi connectivity index (χ3v) is 4.37. The van der Waals surface area contributed by atoms with Crippen LogP contribution in [0.2, 0.25) is 5.02 Å². The molecule has 130 valence electrons. The zero-order chi connectivity index (χ0) is 18.1. The summed E-state index contributed by atoms with van der Waals surface area (Å²) in [7, 11) is 0. The van der Waals surface area contributed by atoms with E-state index in [1.54, 1.807) is 31.2 Å². The van der Waals surface area contributed by atoms with Crippen molar-refractivity contribution in [3.63, 3.8) is 0 Å². The van der Waals surface area contributed by atoms with Crippen LogP contribution in [0.15, 0.2) is 24.3 Å². The van der Waals surface area contributed by atoms with Gasteiger partial charge in [-0.15, -0.1) is 0 Å². The number of hydrogen-bond acceptors (Lipinski definition) is 2. The van der Waals surface area contributed by atoms with Crippen LogP contribution in [0.3, 0.4) is 0 Å². The lowest BCUT2D eigenvalue weighted by Gasteiger charge is -2.40. The maximum atomic E-state index is 13.1. The summed E-state index contributed by atoms with van der Waals surface area (Å²) in [5.74, 6) is -2.69. The summed E-state index contributed by atoms with van der Waals surface area (Å²) < 4.78 is 39.2. The van der Waals surface area contributed by atoms with Crippen LogP contribution in [0.5, 0.6) is 0 Å². The molecule has 0 fully saturated rings. The Bertz CT molecular complexity index is 572. The Morgan fingerprint density at radius 2 is 1.87 bits per heavy atom. The molecule has 2 unspecified atom stereocenters. The maximum Gasteiger partial charge on any atom is 0.428 e. The predicted molar refractivity (Wildman–Crippen MR) is 81.5 cm³/mol. The number of rotatable bonds is 6. The predicted octanol–water partition coefficient (Wildman–Crippen LogP) is 4.63. The lowest BCUT2D eigenvalue weighted by Crippen LogP contribution is -2.55. The van der Waals surface area contributed by atoms with Crippen molar-refractivity contribution in [2.45, 2.75) is 51.3 Å². The van der Waals surface area contributed by atoms with Crippen LogP contribution in [0.4, 0.5) is 13.2 Å². The van der Waals surface area contributed by atoms with E-state index in [1.807, 2.05) is 0 Å². The molecule has 1 rings (SSSR count). The minimum absolute atomic E-state index is 0.394. The fourth-order valence-electron chi connectivity index (χ4n) is 3.04. The number of aliphatic carboxylic acids is 1. The molecule has 23 heavy (non-hydrogen) atoms. The van der Waals surface area contributed by atoms with Crippen LogP contribution in [-0.4, -0.2) is 28.0 Å². The number of carboxylic acids is 1. The van der Waals surface area contributed by atoms with Crippen LogP contribution < -0.4 is 0 Å². The van der Waals surface area contributed by atoms with E-state index in [0.717, 1.165) is 0 Å². The lowest BCUT2D eigenvalue weighted by molar-refractivity contribution is -0.268. The van der Waals surface area contributed by atoms with E-state index in [9.17, 15) is 23.1 Å². The number of carbonyl (C=O) groups is 1. The van der Waals surface area contributed by atoms with Gasteiger partial charge in [0.25, 0.3) is 5.60 Å². The molecule has 0 bridgehead atoms. The summed E-state index contributed by atoms with van der Waals surface area (Å²) in [4.78, 5) is 11.1. The molecule has 0 spiro atoms. The topological polar surface area (TPSA) is 57.5 Å². The van der Waals surface area contributed by atoms with E-state index in [1.165, 1.54) is 13.8 Å². The van der Waals surface area contributed by atoms with Crippen LogP contribution >= 0.6 is 11.6 Å². The smallest absolute Gasteiger partial charge is 0.428 e. The fraction of sp³-hybridized carbons (Fsp3) is 0.562. The molecule has 0 aliphatic rings. The van der Waals surface area contributed by atoms with Crippen molar-refractivity contribution in [3.05, 3.63) is 34.9 Å². The quantitative estimate of drug-likeness (QED) is 0.785. The van der Waals surface area contributed by atoms with E-state index in [0.29, 0.717) is 17.0 Å². The number of hydrogen-bond donors (Lipinski definition) is 2. The van der Waals surface area contributed by atoms with Crippen molar-refractivity contribution in [2.75, 3.05) is 0 Å². The monoisotopic (exact) mass is 352 g/mol. The van der Waals surface area contributed by atoms with Crippen molar-refractivity contribution in [2.24, 2.45) is 5.41 Å². The van der Waals surface area contributed by atoms with E-state index in [2.05, 4.69) is 0 Å². The average molecular weight is 353 g/mol. The van der Waals surface area contributed by atoms with E-state index in [4.69, 9.17) is 16.7 Å². The van der Waals surface area contributed by atoms with Gasteiger partial charge in [-0.05, 0) is 35.4 Å². The Labute approximate surface area is 138 Å². The Morgan fingerprint density at radius 1 is 1.30 bits per heavy atom. The first-order valence-electron chi connectivity index (χ1n) is 7.13. The van der Waals surface area contributed by atoms with Crippen molar-refractivity contribution in [1.82, 2.24) is 0 Å². The first kappa shape index (κ1) is 19.8. The first-order valence-corrected chi connectivity index (χ1v) is 7.51. The largest absolute Gasteiger partial charge is 0.479 e. The highest BCUT2D eigenvalue weighted by Crippen LogP contribution is 2.47. The number of benzene rings is 1. The van der Waals surface area contributed by atoms with E-state index < -0.39 is 35.5 Å². The summed E-state index contributed by atoms with van der Waals surface area (Å²) >= 11 is 5.93. The molecule has 0 radical (unpaired) electrons. The van der Waals surface area contributed by atoms with Crippen LogP contribution in [-0.2, 0) is 4.79 Å². The zero-order valence-electron chi connectivity index (χ0n) is 13.1. The van der Waals surface area contributed by atoms with Gasteiger partial charge < -0.3 is 10.2 Å². The number of halogens is 4. The molecule has 0 heterocycles. The minimum atomic E-state index is -5.26. The molecule has 2 atom stereocenters. The molecule has 7 heteroatoms. The molecule has 2 N–H and O–H groups in total. The van der Waals surface area contributed by atoms with Crippen molar-refractivity contribution < 1.29 is 28.2 Å². The number of aliphatic hydroxyl groups is 1. The number of alkyl halides is 3. The molecule has 1 aromatic carbocycles. The second kappa shape index (κ2) is 6.69. The summed E-state index contributed by atoms with van der Waals surface area (Å²) in [6, 6.07) is 6.71. The van der Waals surface area contributed by atoms with Gasteiger partial charge in [-0.2, -0.15) is 13.2 Å². The minimum Gasteiger partial charge on any atom is -0.479 e. The average Bonchev–Trinajstić information content (AvgIpc) is 2.36. The molecule has 3 nitrogen and oxygen atoms in total. The Balaban J connectivity index is 3.24. The zero-order valence-corrected chi connectivity index (χ0v) is 13.9. The fourth-order valence-corrected chi connectivity index (χ4v) is 3.24. The molecule has 0 aliphatic heterocycles. The SMILES string of the molecule is CCC(c1cccc(Cl)c1)C(C)(C)CC(O)(C(=O)O)C(F)(F)F. The second-order valence-electron chi connectivity index (χ2n) is 6.34. The van der Waals surface area contributed by atoms with Gasteiger partial charge in [-0.1, -0.05) is 44.5 Å². The highest BCUT2D eigenvalue weighted by molar-refractivity contribution is 6.30. The van der Waals surface area contributed by atoms with E-state index >= 15 is 0 Å². The van der Waals surface area contributed by atoms with Crippen molar-refractivity contribution in [1.29, 1.82) is 0 Å². The third-order valence-electron chi connectivity index (χ3n) is 4.14. The Kier molecular flexibility index (Phi) is 5.75. The molecule has 1 aromatic rings. The van der Waals surface area contributed by atoms with Crippen LogP contribution in [0, 0.1) is 5.41 Å². The van der Waals surface area contributed by atoms with E-state index in [-0.39, 0.29) is 0 Å². The lowest BCUT2D eigenvalue weighted by atomic mass is 9.67.